The Morgan fingerprint density at radius 3 is 2.61 bits per heavy atom. The maximum absolute atomic E-state index is 13.9. The van der Waals surface area contributed by atoms with Crippen molar-refractivity contribution in [3.63, 3.8) is 0 Å². The van der Waals surface area contributed by atoms with Crippen molar-refractivity contribution >= 4 is 17.5 Å². The highest BCUT2D eigenvalue weighted by atomic mass is 19.4. The summed E-state index contributed by atoms with van der Waals surface area (Å²) < 4.78 is 64.3. The van der Waals surface area contributed by atoms with Gasteiger partial charge in [0.1, 0.15) is 23.4 Å². The van der Waals surface area contributed by atoms with Crippen LogP contribution in [0, 0.1) is 12.7 Å². The number of nitrogens with zero attached hydrogens (tertiary/aromatic N) is 1. The predicted molar refractivity (Wildman–Crippen MR) is 101 cm³/mol. The van der Waals surface area contributed by atoms with Crippen molar-refractivity contribution in [1.29, 1.82) is 0 Å². The Labute approximate surface area is 174 Å². The molecule has 166 valence electrons. The second-order valence-electron chi connectivity index (χ2n) is 7.01. The molecule has 2 heterocycles. The lowest BCUT2D eigenvalue weighted by atomic mass is 9.88. The molecule has 3 N–H and O–H groups in total. The van der Waals surface area contributed by atoms with Crippen molar-refractivity contribution in [2.45, 2.75) is 37.6 Å². The van der Waals surface area contributed by atoms with Crippen LogP contribution in [0.3, 0.4) is 0 Å². The van der Waals surface area contributed by atoms with Gasteiger partial charge in [-0.1, -0.05) is 6.07 Å². The molecule has 1 saturated heterocycles. The number of amides is 2. The van der Waals surface area contributed by atoms with Gasteiger partial charge in [-0.3, -0.25) is 14.6 Å². The number of hydrogen-bond donors (Lipinski definition) is 2. The molecule has 0 radical (unpaired) electrons. The van der Waals surface area contributed by atoms with E-state index in [0.29, 0.717) is 0 Å². The number of alkyl halides is 3. The molecule has 11 heteroatoms. The number of anilines is 1. The lowest BCUT2D eigenvalue weighted by Crippen LogP contribution is -2.34. The van der Waals surface area contributed by atoms with Gasteiger partial charge in [-0.15, -0.1) is 0 Å². The highest BCUT2D eigenvalue weighted by Gasteiger charge is 2.52. The quantitative estimate of drug-likeness (QED) is 0.695. The van der Waals surface area contributed by atoms with Gasteiger partial charge in [0.2, 0.25) is 0 Å². The molecule has 2 aromatic rings. The van der Waals surface area contributed by atoms with E-state index in [2.05, 4.69) is 10.3 Å². The summed E-state index contributed by atoms with van der Waals surface area (Å²) in [6.07, 6.45) is -7.78. The number of carbonyl (C=O) groups excluding carboxylic acids is 2. The lowest BCUT2D eigenvalue weighted by Gasteiger charge is -2.21. The Balaban J connectivity index is 1.96. The van der Waals surface area contributed by atoms with Crippen molar-refractivity contribution in [3.8, 4) is 5.75 Å². The summed E-state index contributed by atoms with van der Waals surface area (Å²) in [5, 5.41) is 2.42. The molecule has 1 aromatic carbocycles. The van der Waals surface area contributed by atoms with Crippen LogP contribution in [0.25, 0.3) is 0 Å². The monoisotopic (exact) mass is 441 g/mol. The normalized spacial score (nSPS) is 21.0. The molecule has 2 amide bonds. The zero-order valence-corrected chi connectivity index (χ0v) is 16.5. The molecule has 3 rings (SSSR count). The van der Waals surface area contributed by atoms with Gasteiger partial charge >= 0.3 is 6.18 Å². The molecule has 3 atom stereocenters. The van der Waals surface area contributed by atoms with Crippen LogP contribution >= 0.6 is 0 Å². The van der Waals surface area contributed by atoms with E-state index in [1.807, 2.05) is 0 Å². The fourth-order valence-electron chi connectivity index (χ4n) is 3.53. The van der Waals surface area contributed by atoms with E-state index < -0.39 is 48.4 Å². The number of carbonyl (C=O) groups is 2. The maximum atomic E-state index is 13.9. The number of benzene rings is 1. The van der Waals surface area contributed by atoms with Crippen molar-refractivity contribution in [3.05, 3.63) is 53.1 Å². The van der Waals surface area contributed by atoms with Crippen LogP contribution in [-0.4, -0.2) is 42.3 Å². The molecule has 1 fully saturated rings. The Kier molecular flexibility index (Phi) is 6.16. The summed E-state index contributed by atoms with van der Waals surface area (Å²) in [5.41, 5.74) is 5.45. The van der Waals surface area contributed by atoms with Crippen LogP contribution in [-0.2, 0) is 9.53 Å². The molecule has 7 nitrogen and oxygen atoms in total. The van der Waals surface area contributed by atoms with Crippen LogP contribution in [0.4, 0.5) is 23.2 Å². The van der Waals surface area contributed by atoms with Gasteiger partial charge in [-0.05, 0) is 31.5 Å². The molecular formula is C20H19F4N3O4. The standard InChI is InChI=1S/C20H19F4N3O4/c1-9-13(21)4-3-11(16(9)30-2)12-8-15(20(22,23)24)31-17(12)19(29)27-10-5-6-26-14(7-10)18(25)28/h3-7,12,15,17H,8H2,1-2H3,(H2,25,28)(H,26,27,29)/t12-,15+,17+/m1/s1. The van der Waals surface area contributed by atoms with Crippen molar-refractivity contribution in [2.75, 3.05) is 12.4 Å². The third kappa shape index (κ3) is 4.61. The number of ether oxygens (including phenoxy) is 2. The van der Waals surface area contributed by atoms with Gasteiger partial charge in [-0.25, -0.2) is 4.39 Å². The van der Waals surface area contributed by atoms with E-state index in [1.54, 1.807) is 0 Å². The molecule has 0 aliphatic carbocycles. The summed E-state index contributed by atoms with van der Waals surface area (Å²) in [5.74, 6) is -3.31. The Hall–Kier alpha value is -3.21. The molecule has 0 bridgehead atoms. The number of nitrogens with two attached hydrogens (primary N) is 1. The van der Waals surface area contributed by atoms with Crippen LogP contribution in [0.2, 0.25) is 0 Å². The minimum atomic E-state index is -4.70. The van der Waals surface area contributed by atoms with Gasteiger partial charge < -0.3 is 20.5 Å². The van der Waals surface area contributed by atoms with E-state index in [0.717, 1.165) is 6.07 Å². The lowest BCUT2D eigenvalue weighted by molar-refractivity contribution is -0.213. The minimum absolute atomic E-state index is 0.0501. The number of pyridine rings is 1. The summed E-state index contributed by atoms with van der Waals surface area (Å²) in [7, 11) is 1.26. The first-order chi connectivity index (χ1) is 14.5. The number of methoxy groups -OCH3 is 1. The predicted octanol–water partition coefficient (Wildman–Crippen LogP) is 3.08. The molecule has 1 aliphatic rings. The summed E-state index contributed by atoms with van der Waals surface area (Å²) in [4.78, 5) is 27.9. The molecule has 0 saturated carbocycles. The van der Waals surface area contributed by atoms with E-state index >= 15 is 0 Å². The number of primary amides is 1. The maximum Gasteiger partial charge on any atom is 0.414 e. The largest absolute Gasteiger partial charge is 0.496 e. The van der Waals surface area contributed by atoms with Gasteiger partial charge in [0.15, 0.2) is 6.10 Å². The first kappa shape index (κ1) is 22.5. The number of rotatable bonds is 5. The topological polar surface area (TPSA) is 104 Å². The first-order valence-corrected chi connectivity index (χ1v) is 9.14. The number of hydrogen-bond acceptors (Lipinski definition) is 5. The van der Waals surface area contributed by atoms with Gasteiger partial charge in [0.05, 0.1) is 7.11 Å². The Bertz CT molecular complexity index is 1010. The molecule has 1 aliphatic heterocycles. The molecule has 0 spiro atoms. The van der Waals surface area contributed by atoms with Gasteiger partial charge in [0.25, 0.3) is 11.8 Å². The van der Waals surface area contributed by atoms with Crippen molar-refractivity contribution in [2.24, 2.45) is 5.73 Å². The van der Waals surface area contributed by atoms with E-state index in [9.17, 15) is 27.2 Å². The third-order valence-electron chi connectivity index (χ3n) is 5.02. The Morgan fingerprint density at radius 2 is 2.00 bits per heavy atom. The van der Waals surface area contributed by atoms with E-state index in [-0.39, 0.29) is 28.3 Å². The van der Waals surface area contributed by atoms with Crippen LogP contribution < -0.4 is 15.8 Å². The SMILES string of the molecule is COc1c([C@H]2C[C@@H](C(F)(F)F)O[C@@H]2C(=O)Nc2ccnc(C(N)=O)c2)ccc(F)c1C. The zero-order valence-electron chi connectivity index (χ0n) is 16.5. The van der Waals surface area contributed by atoms with Crippen LogP contribution in [0.5, 0.6) is 5.75 Å². The first-order valence-electron chi connectivity index (χ1n) is 9.14. The summed E-state index contributed by atoms with van der Waals surface area (Å²) >= 11 is 0. The van der Waals surface area contributed by atoms with Crippen LogP contribution in [0.15, 0.2) is 30.5 Å². The zero-order chi connectivity index (χ0) is 22.9. The highest BCUT2D eigenvalue weighted by molar-refractivity contribution is 5.97. The molecule has 31 heavy (non-hydrogen) atoms. The van der Waals surface area contributed by atoms with E-state index in [4.69, 9.17) is 15.2 Å². The number of nitrogens with one attached hydrogen (secondary N) is 1. The van der Waals surface area contributed by atoms with Gasteiger partial charge in [0, 0.05) is 28.9 Å². The van der Waals surface area contributed by atoms with Crippen LogP contribution in [0.1, 0.15) is 34.0 Å². The van der Waals surface area contributed by atoms with Gasteiger partial charge in [-0.2, -0.15) is 13.2 Å². The summed E-state index contributed by atoms with van der Waals surface area (Å²) in [6.45, 7) is 1.42. The second kappa shape index (κ2) is 8.50. The average Bonchev–Trinajstić information content (AvgIpc) is 3.16. The fraction of sp³-hybridized carbons (Fsp3) is 0.350. The fourth-order valence-corrected chi connectivity index (χ4v) is 3.53. The number of aromatic nitrogens is 1. The molecule has 0 unspecified atom stereocenters. The number of halogens is 4. The van der Waals surface area contributed by atoms with Crippen molar-refractivity contribution in [1.82, 2.24) is 4.98 Å². The highest BCUT2D eigenvalue weighted by Crippen LogP contribution is 2.45. The molecular weight excluding hydrogens is 422 g/mol. The third-order valence-corrected chi connectivity index (χ3v) is 5.02. The average molecular weight is 441 g/mol. The smallest absolute Gasteiger partial charge is 0.414 e. The Morgan fingerprint density at radius 1 is 1.29 bits per heavy atom. The van der Waals surface area contributed by atoms with Crippen molar-refractivity contribution < 1.29 is 36.6 Å². The summed E-state index contributed by atoms with van der Waals surface area (Å²) in [6, 6.07) is 4.92. The second-order valence-corrected chi connectivity index (χ2v) is 7.01. The minimum Gasteiger partial charge on any atom is -0.496 e. The van der Waals surface area contributed by atoms with E-state index in [1.165, 1.54) is 38.4 Å². The molecule has 1 aromatic heterocycles.